The summed E-state index contributed by atoms with van der Waals surface area (Å²) in [5, 5.41) is 1.03. The highest BCUT2D eigenvalue weighted by Crippen LogP contribution is 2.23. The molecular weight excluding hydrogens is 328 g/mol. The SMILES string of the molecule is Cc1cc2oc(=O)cc(CN3CCN(c4cnccn4)CC3)c2cc1C. The summed E-state index contributed by atoms with van der Waals surface area (Å²) in [6.45, 7) is 8.51. The highest BCUT2D eigenvalue weighted by atomic mass is 16.4. The molecule has 1 aliphatic rings. The second kappa shape index (κ2) is 6.88. The Bertz CT molecular complexity index is 976. The lowest BCUT2D eigenvalue weighted by Gasteiger charge is -2.35. The first kappa shape index (κ1) is 16.7. The van der Waals surface area contributed by atoms with E-state index in [0.29, 0.717) is 5.58 Å². The van der Waals surface area contributed by atoms with Crippen LogP contribution < -0.4 is 10.5 Å². The fourth-order valence-electron chi connectivity index (χ4n) is 3.44. The van der Waals surface area contributed by atoms with E-state index in [1.807, 2.05) is 13.0 Å². The lowest BCUT2D eigenvalue weighted by Crippen LogP contribution is -2.46. The molecule has 1 aromatic carbocycles. The highest BCUT2D eigenvalue weighted by Gasteiger charge is 2.19. The molecule has 6 nitrogen and oxygen atoms in total. The molecule has 0 amide bonds. The van der Waals surface area contributed by atoms with Crippen LogP contribution >= 0.6 is 0 Å². The summed E-state index contributed by atoms with van der Waals surface area (Å²) in [6, 6.07) is 5.71. The van der Waals surface area contributed by atoms with Crippen LogP contribution in [0.25, 0.3) is 11.0 Å². The van der Waals surface area contributed by atoms with Crippen LogP contribution in [0, 0.1) is 13.8 Å². The number of rotatable bonds is 3. The van der Waals surface area contributed by atoms with Crippen molar-refractivity contribution < 1.29 is 4.42 Å². The average molecular weight is 350 g/mol. The van der Waals surface area contributed by atoms with E-state index in [-0.39, 0.29) is 5.63 Å². The first-order chi connectivity index (χ1) is 12.6. The van der Waals surface area contributed by atoms with Gasteiger partial charge in [-0.25, -0.2) is 9.78 Å². The van der Waals surface area contributed by atoms with Gasteiger partial charge in [0.2, 0.25) is 0 Å². The summed E-state index contributed by atoms with van der Waals surface area (Å²) >= 11 is 0. The Morgan fingerprint density at radius 3 is 2.54 bits per heavy atom. The van der Waals surface area contributed by atoms with Gasteiger partial charge < -0.3 is 9.32 Å². The predicted molar refractivity (Wildman–Crippen MR) is 101 cm³/mol. The molecule has 1 aliphatic heterocycles. The van der Waals surface area contributed by atoms with Crippen LogP contribution in [0.1, 0.15) is 16.7 Å². The van der Waals surface area contributed by atoms with Gasteiger partial charge in [0.1, 0.15) is 11.4 Å². The maximum absolute atomic E-state index is 12.0. The van der Waals surface area contributed by atoms with Crippen LogP contribution in [0.2, 0.25) is 0 Å². The molecule has 0 radical (unpaired) electrons. The molecule has 0 aliphatic carbocycles. The molecule has 0 spiro atoms. The van der Waals surface area contributed by atoms with Gasteiger partial charge in [0.15, 0.2) is 0 Å². The number of fused-ring (bicyclic) bond motifs is 1. The maximum Gasteiger partial charge on any atom is 0.336 e. The largest absolute Gasteiger partial charge is 0.423 e. The van der Waals surface area contributed by atoms with Gasteiger partial charge >= 0.3 is 5.63 Å². The van der Waals surface area contributed by atoms with E-state index in [0.717, 1.165) is 55.1 Å². The van der Waals surface area contributed by atoms with Gasteiger partial charge in [-0.1, -0.05) is 0 Å². The average Bonchev–Trinajstić information content (AvgIpc) is 2.65. The Labute approximate surface area is 152 Å². The molecule has 0 unspecified atom stereocenters. The van der Waals surface area contributed by atoms with Crippen molar-refractivity contribution in [2.24, 2.45) is 0 Å². The number of hydrogen-bond donors (Lipinski definition) is 0. The molecule has 4 rings (SSSR count). The molecule has 3 aromatic rings. The summed E-state index contributed by atoms with van der Waals surface area (Å²) in [5.74, 6) is 0.920. The van der Waals surface area contributed by atoms with Crippen LogP contribution in [-0.2, 0) is 6.54 Å². The number of piperazine rings is 1. The summed E-state index contributed by atoms with van der Waals surface area (Å²) < 4.78 is 5.40. The van der Waals surface area contributed by atoms with Crippen LogP contribution in [0.5, 0.6) is 0 Å². The number of aromatic nitrogens is 2. The maximum atomic E-state index is 12.0. The van der Waals surface area contributed by atoms with E-state index >= 15 is 0 Å². The Hall–Kier alpha value is -2.73. The predicted octanol–water partition coefficient (Wildman–Crippen LogP) is 2.52. The lowest BCUT2D eigenvalue weighted by atomic mass is 10.0. The molecule has 1 fully saturated rings. The first-order valence-electron chi connectivity index (χ1n) is 8.87. The van der Waals surface area contributed by atoms with E-state index in [2.05, 4.69) is 32.8 Å². The third-order valence-electron chi connectivity index (χ3n) is 5.08. The molecule has 0 N–H and O–H groups in total. The van der Waals surface area contributed by atoms with Gasteiger partial charge in [-0.2, -0.15) is 0 Å². The van der Waals surface area contributed by atoms with Crippen molar-refractivity contribution in [2.75, 3.05) is 31.1 Å². The zero-order chi connectivity index (χ0) is 18.1. The van der Waals surface area contributed by atoms with Gasteiger partial charge in [0, 0.05) is 56.6 Å². The third kappa shape index (κ3) is 3.32. The van der Waals surface area contributed by atoms with Crippen LogP contribution in [0.15, 0.2) is 46.0 Å². The molecule has 0 saturated carbocycles. The Morgan fingerprint density at radius 1 is 1.04 bits per heavy atom. The summed E-state index contributed by atoms with van der Waals surface area (Å²) in [4.78, 5) is 25.1. The van der Waals surface area contributed by atoms with Crippen LogP contribution in [-0.4, -0.2) is 41.0 Å². The number of nitrogens with zero attached hydrogens (tertiary/aromatic N) is 4. The van der Waals surface area contributed by atoms with E-state index < -0.39 is 0 Å². The number of anilines is 1. The van der Waals surface area contributed by atoms with Crippen molar-refractivity contribution >= 4 is 16.8 Å². The van der Waals surface area contributed by atoms with Crippen molar-refractivity contribution in [3.05, 3.63) is 63.9 Å². The molecule has 3 heterocycles. The molecule has 1 saturated heterocycles. The van der Waals surface area contributed by atoms with Crippen molar-refractivity contribution in [3.63, 3.8) is 0 Å². The molecule has 26 heavy (non-hydrogen) atoms. The number of hydrogen-bond acceptors (Lipinski definition) is 6. The van der Waals surface area contributed by atoms with Crippen molar-refractivity contribution in [3.8, 4) is 0 Å². The van der Waals surface area contributed by atoms with E-state index in [9.17, 15) is 4.79 Å². The molecule has 0 atom stereocenters. The Morgan fingerprint density at radius 2 is 1.81 bits per heavy atom. The smallest absolute Gasteiger partial charge is 0.336 e. The summed E-state index contributed by atoms with van der Waals surface area (Å²) in [7, 11) is 0. The lowest BCUT2D eigenvalue weighted by molar-refractivity contribution is 0.249. The quantitative estimate of drug-likeness (QED) is 0.677. The van der Waals surface area contributed by atoms with Crippen LogP contribution in [0.3, 0.4) is 0 Å². The minimum atomic E-state index is -0.283. The van der Waals surface area contributed by atoms with E-state index in [1.165, 1.54) is 5.56 Å². The fraction of sp³-hybridized carbons (Fsp3) is 0.350. The summed E-state index contributed by atoms with van der Waals surface area (Å²) in [6.07, 6.45) is 5.22. The topological polar surface area (TPSA) is 62.5 Å². The van der Waals surface area contributed by atoms with Crippen molar-refractivity contribution in [2.45, 2.75) is 20.4 Å². The van der Waals surface area contributed by atoms with Gasteiger partial charge in [-0.3, -0.25) is 9.88 Å². The Kier molecular flexibility index (Phi) is 4.42. The molecular formula is C20H22N4O2. The fourth-order valence-corrected chi connectivity index (χ4v) is 3.44. The van der Waals surface area contributed by atoms with Gasteiger partial charge in [0.25, 0.3) is 0 Å². The molecule has 6 heteroatoms. The highest BCUT2D eigenvalue weighted by molar-refractivity contribution is 5.81. The minimum Gasteiger partial charge on any atom is -0.423 e. The first-order valence-corrected chi connectivity index (χ1v) is 8.87. The second-order valence-corrected chi connectivity index (χ2v) is 6.85. The third-order valence-corrected chi connectivity index (χ3v) is 5.08. The van der Waals surface area contributed by atoms with E-state index in [4.69, 9.17) is 4.42 Å². The molecule has 134 valence electrons. The van der Waals surface area contributed by atoms with E-state index in [1.54, 1.807) is 24.7 Å². The molecule has 2 aromatic heterocycles. The molecule has 0 bridgehead atoms. The van der Waals surface area contributed by atoms with Gasteiger partial charge in [-0.15, -0.1) is 0 Å². The van der Waals surface area contributed by atoms with Gasteiger partial charge in [0.05, 0.1) is 6.20 Å². The van der Waals surface area contributed by atoms with Crippen molar-refractivity contribution in [1.29, 1.82) is 0 Å². The number of aryl methyl sites for hydroxylation is 2. The summed E-state index contributed by atoms with van der Waals surface area (Å²) in [5.41, 5.74) is 3.77. The second-order valence-electron chi connectivity index (χ2n) is 6.85. The zero-order valence-electron chi connectivity index (χ0n) is 15.1. The van der Waals surface area contributed by atoms with Crippen molar-refractivity contribution in [1.82, 2.24) is 14.9 Å². The normalized spacial score (nSPS) is 15.5. The van der Waals surface area contributed by atoms with Crippen LogP contribution in [0.4, 0.5) is 5.82 Å². The van der Waals surface area contributed by atoms with Gasteiger partial charge in [-0.05, 0) is 42.7 Å². The monoisotopic (exact) mass is 350 g/mol. The Balaban J connectivity index is 1.53. The zero-order valence-corrected chi connectivity index (χ0v) is 15.1. The standard InChI is InChI=1S/C20H22N4O2/c1-14-9-17-16(11-20(25)26-18(17)10-15(14)2)13-23-5-7-24(8-6-23)19-12-21-3-4-22-19/h3-4,9-12H,5-8,13H2,1-2H3. The minimum absolute atomic E-state index is 0.283. The number of benzene rings is 1.